The average molecular weight is 667 g/mol. The zero-order valence-corrected chi connectivity index (χ0v) is 31.7. The van der Waals surface area contributed by atoms with Crippen LogP contribution in [-0.4, -0.2) is 17.6 Å². The third kappa shape index (κ3) is 45.3. The molecule has 0 heterocycles. The number of unbranched alkanes of at least 4 members (excludes halogenated alkanes) is 37. The molecule has 0 unspecified atom stereocenters. The van der Waals surface area contributed by atoms with Crippen LogP contribution in [0.25, 0.3) is 0 Å². The van der Waals surface area contributed by atoms with Gasteiger partial charge in [-0.2, -0.15) is 11.1 Å². The van der Waals surface area contributed by atoms with Gasteiger partial charge in [0, 0.05) is 13.0 Å². The summed E-state index contributed by atoms with van der Waals surface area (Å²) in [5.74, 6) is 4.48. The Balaban J connectivity index is 3.04. The number of nitrogens with one attached hydrogen (secondary N) is 3. The second-order valence-electron chi connectivity index (χ2n) is 14.8. The van der Waals surface area contributed by atoms with Gasteiger partial charge in [-0.05, 0) is 12.8 Å². The number of carbonyl (C=O) groups is 1. The first-order valence-electron chi connectivity index (χ1n) is 21.4. The van der Waals surface area contributed by atoms with Gasteiger partial charge in [0.1, 0.15) is 0 Å². The first-order valence-corrected chi connectivity index (χ1v) is 21.4. The molecule has 282 valence electrons. The van der Waals surface area contributed by atoms with Crippen LogP contribution in [-0.2, 0) is 4.79 Å². The molecule has 0 bridgehead atoms. The monoisotopic (exact) mass is 667 g/mol. The largest absolute Gasteiger partial charge is 0.481 e. The first kappa shape index (κ1) is 46.3. The van der Waals surface area contributed by atoms with Gasteiger partial charge in [0.2, 0.25) is 0 Å². The molecule has 0 aliphatic carbocycles. The van der Waals surface area contributed by atoms with Crippen molar-refractivity contribution < 1.29 is 9.90 Å². The van der Waals surface area contributed by atoms with Gasteiger partial charge in [0.25, 0.3) is 0 Å². The Morgan fingerprint density at radius 1 is 0.340 bits per heavy atom. The minimum atomic E-state index is -0.649. The van der Waals surface area contributed by atoms with Gasteiger partial charge >= 0.3 is 5.97 Å². The molecule has 0 rings (SSSR count). The van der Waals surface area contributed by atoms with Crippen LogP contribution in [0.3, 0.4) is 0 Å². The summed E-state index contributed by atoms with van der Waals surface area (Å²) in [4.78, 5) is 10.5. The minimum absolute atomic E-state index is 0.344. The smallest absolute Gasteiger partial charge is 0.303 e. The van der Waals surface area contributed by atoms with Crippen molar-refractivity contribution in [3.63, 3.8) is 0 Å². The fourth-order valence-electron chi connectivity index (χ4n) is 6.97. The lowest BCUT2D eigenvalue weighted by molar-refractivity contribution is -0.137. The molecule has 0 fully saturated rings. The van der Waals surface area contributed by atoms with E-state index in [1.807, 2.05) is 0 Å². The van der Waals surface area contributed by atoms with E-state index in [4.69, 9.17) is 10.9 Å². The summed E-state index contributed by atoms with van der Waals surface area (Å²) < 4.78 is 0. The van der Waals surface area contributed by atoms with Gasteiger partial charge in [0.05, 0.1) is 0 Å². The molecule has 0 spiro atoms. The van der Waals surface area contributed by atoms with Gasteiger partial charge in [-0.1, -0.05) is 231 Å². The molecular weight excluding hydrogens is 580 g/mol. The van der Waals surface area contributed by atoms with E-state index in [2.05, 4.69) is 16.5 Å². The van der Waals surface area contributed by atoms with Crippen molar-refractivity contribution in [3.05, 3.63) is 0 Å². The summed E-state index contributed by atoms with van der Waals surface area (Å²) in [6.07, 6.45) is 53.5. The zero-order valence-electron chi connectivity index (χ0n) is 31.7. The van der Waals surface area contributed by atoms with Crippen molar-refractivity contribution in [2.45, 2.75) is 250 Å². The van der Waals surface area contributed by atoms with Crippen molar-refractivity contribution in [1.29, 1.82) is 0 Å². The summed E-state index contributed by atoms with van der Waals surface area (Å²) in [5, 5.41) is 8.65. The Labute approximate surface area is 294 Å². The van der Waals surface area contributed by atoms with E-state index in [9.17, 15) is 4.79 Å². The third-order valence-electron chi connectivity index (χ3n) is 10.1. The quantitative estimate of drug-likeness (QED) is 0.0252. The Morgan fingerprint density at radius 3 is 0.723 bits per heavy atom. The van der Waals surface area contributed by atoms with Gasteiger partial charge in [-0.3, -0.25) is 10.6 Å². The Morgan fingerprint density at radius 2 is 0.532 bits per heavy atom. The highest BCUT2D eigenvalue weighted by Crippen LogP contribution is 2.17. The lowest BCUT2D eigenvalue weighted by atomic mass is 10.0. The number of aliphatic carboxylic acids is 1. The lowest BCUT2D eigenvalue weighted by Gasteiger charge is -2.05. The summed E-state index contributed by atoms with van der Waals surface area (Å²) in [6, 6.07) is 0. The molecule has 0 aliphatic heterocycles. The highest BCUT2D eigenvalue weighted by atomic mass is 16.4. The van der Waals surface area contributed by atoms with E-state index in [1.54, 1.807) is 0 Å². The molecule has 0 atom stereocenters. The van der Waals surface area contributed by atoms with Crippen molar-refractivity contribution in [3.8, 4) is 0 Å². The molecule has 0 aromatic carbocycles. The highest BCUT2D eigenvalue weighted by Gasteiger charge is 1.99. The zero-order chi connectivity index (χ0) is 34.0. The van der Waals surface area contributed by atoms with Crippen molar-refractivity contribution in [2.24, 2.45) is 5.84 Å². The van der Waals surface area contributed by atoms with Crippen molar-refractivity contribution >= 4 is 5.97 Å². The van der Waals surface area contributed by atoms with E-state index in [0.717, 1.165) is 19.4 Å². The number of carboxylic acid groups (broad SMARTS) is 1. The molecule has 0 saturated carbocycles. The fraction of sp³-hybridized carbons (Fsp3) is 0.976. The van der Waals surface area contributed by atoms with E-state index < -0.39 is 5.97 Å². The molecule has 0 saturated heterocycles. The number of rotatable bonds is 43. The molecule has 6 heteroatoms. The molecule has 0 aliphatic rings. The van der Waals surface area contributed by atoms with E-state index in [1.165, 1.54) is 231 Å². The van der Waals surface area contributed by atoms with E-state index >= 15 is 0 Å². The van der Waals surface area contributed by atoms with Crippen molar-refractivity contribution in [1.82, 2.24) is 16.5 Å². The van der Waals surface area contributed by atoms with Crippen molar-refractivity contribution in [2.75, 3.05) is 6.54 Å². The average Bonchev–Trinajstić information content (AvgIpc) is 3.07. The maximum absolute atomic E-state index is 10.5. The van der Waals surface area contributed by atoms with Crippen LogP contribution in [0.4, 0.5) is 0 Å². The second-order valence-corrected chi connectivity index (χ2v) is 14.8. The van der Waals surface area contributed by atoms with Crippen LogP contribution in [0.15, 0.2) is 0 Å². The normalized spacial score (nSPS) is 11.5. The van der Waals surface area contributed by atoms with Crippen LogP contribution >= 0.6 is 0 Å². The SMILES string of the molecule is NNNNCCCCCCCCCCCCCCCCCCCCCCCCCCCCCCCCCCCCCCCCC(=O)O. The van der Waals surface area contributed by atoms with Crippen LogP contribution in [0.2, 0.25) is 0 Å². The Hall–Kier alpha value is -0.690. The standard InChI is InChI=1S/C41H86N4O2/c42-44-45-43-40-38-36-34-32-30-28-26-24-22-20-18-16-14-12-10-8-6-4-2-1-3-5-7-9-11-13-15-17-19-21-23-25-27-29-31-33-35-37-39-41(46)47/h43-45H,1-40,42H2,(H,46,47). The van der Waals surface area contributed by atoms with Crippen LogP contribution in [0.5, 0.6) is 0 Å². The maximum Gasteiger partial charge on any atom is 0.303 e. The Bertz CT molecular complexity index is 578. The van der Waals surface area contributed by atoms with Gasteiger partial charge in [-0.15, -0.1) is 0 Å². The van der Waals surface area contributed by atoms with Crippen LogP contribution in [0.1, 0.15) is 250 Å². The predicted molar refractivity (Wildman–Crippen MR) is 206 cm³/mol. The topological polar surface area (TPSA) is 99.4 Å². The summed E-state index contributed by atoms with van der Waals surface area (Å²) in [6.45, 7) is 0.971. The van der Waals surface area contributed by atoms with Gasteiger partial charge in [0.15, 0.2) is 0 Å². The first-order chi connectivity index (χ1) is 23.3. The number of carboxylic acids is 1. The van der Waals surface area contributed by atoms with E-state index in [0.29, 0.717) is 6.42 Å². The molecule has 0 aromatic heterocycles. The third-order valence-corrected chi connectivity index (χ3v) is 10.1. The van der Waals surface area contributed by atoms with Gasteiger partial charge < -0.3 is 5.11 Å². The number of nitrogens with two attached hydrogens (primary N) is 1. The second kappa shape index (κ2) is 43.3. The summed E-state index contributed by atoms with van der Waals surface area (Å²) in [7, 11) is 0. The predicted octanol–water partition coefficient (Wildman–Crippen LogP) is 12.8. The highest BCUT2D eigenvalue weighted by molar-refractivity contribution is 5.66. The molecule has 6 nitrogen and oxygen atoms in total. The molecule has 0 radical (unpaired) electrons. The fourth-order valence-corrected chi connectivity index (χ4v) is 6.97. The van der Waals surface area contributed by atoms with Gasteiger partial charge in [-0.25, -0.2) is 5.43 Å². The Kier molecular flexibility index (Phi) is 42.7. The molecule has 0 amide bonds. The molecule has 6 N–H and O–H groups in total. The molecule has 47 heavy (non-hydrogen) atoms. The van der Waals surface area contributed by atoms with E-state index in [-0.39, 0.29) is 0 Å². The molecular formula is C41H86N4O2. The van der Waals surface area contributed by atoms with Crippen LogP contribution < -0.4 is 22.3 Å². The summed E-state index contributed by atoms with van der Waals surface area (Å²) >= 11 is 0. The van der Waals surface area contributed by atoms with Crippen LogP contribution in [0, 0.1) is 0 Å². The maximum atomic E-state index is 10.5. The lowest BCUT2D eigenvalue weighted by Crippen LogP contribution is -2.47. The number of hydrazine groups is 3. The summed E-state index contributed by atoms with van der Waals surface area (Å²) in [5.41, 5.74) is 8.11. The number of hydrogen-bond acceptors (Lipinski definition) is 5. The minimum Gasteiger partial charge on any atom is -0.481 e. The number of hydrogen-bond donors (Lipinski definition) is 5. The molecule has 0 aromatic rings.